The van der Waals surface area contributed by atoms with Crippen LogP contribution in [-0.4, -0.2) is 62.7 Å². The molecule has 22 heavy (non-hydrogen) atoms. The van der Waals surface area contributed by atoms with Gasteiger partial charge in [0.25, 0.3) is 0 Å². The number of aromatic hydroxyl groups is 2. The summed E-state index contributed by atoms with van der Waals surface area (Å²) in [4.78, 5) is 11.6. The van der Waals surface area contributed by atoms with Crippen molar-refractivity contribution < 1.29 is 39.8 Å². The van der Waals surface area contributed by atoms with Crippen LogP contribution in [0.4, 0.5) is 0 Å². The summed E-state index contributed by atoms with van der Waals surface area (Å²) >= 11 is 0. The number of benzene rings is 1. The SMILES string of the molecule is O=C(C=Cc1ccc(O)c(O)c1)O[C@@H]1O[C@H](CO)[C@H](O)[C@H]1O. The van der Waals surface area contributed by atoms with Gasteiger partial charge in [-0.15, -0.1) is 0 Å². The highest BCUT2D eigenvalue weighted by Crippen LogP contribution is 2.25. The van der Waals surface area contributed by atoms with E-state index in [2.05, 4.69) is 0 Å². The van der Waals surface area contributed by atoms with Crippen LogP contribution in [0.1, 0.15) is 5.56 Å². The van der Waals surface area contributed by atoms with E-state index in [1.165, 1.54) is 24.3 Å². The molecule has 8 heteroatoms. The van der Waals surface area contributed by atoms with Gasteiger partial charge in [0.05, 0.1) is 6.61 Å². The molecule has 5 N–H and O–H groups in total. The van der Waals surface area contributed by atoms with Crippen molar-refractivity contribution in [1.29, 1.82) is 0 Å². The van der Waals surface area contributed by atoms with Crippen molar-refractivity contribution in [3.05, 3.63) is 29.8 Å². The summed E-state index contributed by atoms with van der Waals surface area (Å²) in [5.74, 6) is -1.47. The maximum atomic E-state index is 11.6. The Morgan fingerprint density at radius 1 is 1.23 bits per heavy atom. The van der Waals surface area contributed by atoms with E-state index in [0.29, 0.717) is 5.56 Å². The molecule has 0 amide bonds. The lowest BCUT2D eigenvalue weighted by atomic mass is 10.1. The predicted molar refractivity (Wildman–Crippen MR) is 72.7 cm³/mol. The molecular formula is C14H16O8. The van der Waals surface area contributed by atoms with Gasteiger partial charge in [0, 0.05) is 6.08 Å². The standard InChI is InChI=1S/C14H16O8/c15-6-10-12(19)13(20)14(21-10)22-11(18)4-2-7-1-3-8(16)9(17)5-7/h1-5,10,12-17,19-20H,6H2/t10-,12+,13-,14+/m1/s1. The van der Waals surface area contributed by atoms with Crippen LogP contribution >= 0.6 is 0 Å². The summed E-state index contributed by atoms with van der Waals surface area (Å²) < 4.78 is 9.81. The third-order valence-corrected chi connectivity index (χ3v) is 3.14. The van der Waals surface area contributed by atoms with Crippen LogP contribution in [0, 0.1) is 0 Å². The number of aliphatic hydroxyl groups is 3. The largest absolute Gasteiger partial charge is 0.504 e. The zero-order chi connectivity index (χ0) is 16.3. The van der Waals surface area contributed by atoms with E-state index in [1.54, 1.807) is 0 Å². The number of hydrogen-bond donors (Lipinski definition) is 5. The predicted octanol–water partition coefficient (Wildman–Crippen LogP) is -0.907. The quantitative estimate of drug-likeness (QED) is 0.274. The van der Waals surface area contributed by atoms with Gasteiger partial charge in [0.1, 0.15) is 18.3 Å². The Hall–Kier alpha value is -2.13. The second-order valence-electron chi connectivity index (χ2n) is 4.73. The van der Waals surface area contributed by atoms with E-state index in [4.69, 9.17) is 19.7 Å². The van der Waals surface area contributed by atoms with Crippen molar-refractivity contribution in [2.75, 3.05) is 6.61 Å². The topological polar surface area (TPSA) is 137 Å². The number of esters is 1. The first kappa shape index (κ1) is 16.2. The summed E-state index contributed by atoms with van der Waals surface area (Å²) in [5.41, 5.74) is 0.438. The Morgan fingerprint density at radius 3 is 2.55 bits per heavy atom. The highest BCUT2D eigenvalue weighted by molar-refractivity contribution is 5.87. The summed E-state index contributed by atoms with van der Waals surface area (Å²) in [6.45, 7) is -0.519. The van der Waals surface area contributed by atoms with Gasteiger partial charge in [-0.2, -0.15) is 0 Å². The Labute approximate surface area is 125 Å². The maximum Gasteiger partial charge on any atom is 0.333 e. The average Bonchev–Trinajstić information content (AvgIpc) is 2.76. The lowest BCUT2D eigenvalue weighted by Crippen LogP contribution is -2.35. The van der Waals surface area contributed by atoms with Crippen molar-refractivity contribution in [1.82, 2.24) is 0 Å². The molecule has 1 aliphatic rings. The first-order chi connectivity index (χ1) is 10.4. The molecule has 1 aliphatic heterocycles. The molecule has 0 bridgehead atoms. The lowest BCUT2D eigenvalue weighted by Gasteiger charge is -2.13. The summed E-state index contributed by atoms with van der Waals surface area (Å²) in [7, 11) is 0. The fraction of sp³-hybridized carbons (Fsp3) is 0.357. The van der Waals surface area contributed by atoms with Crippen molar-refractivity contribution in [2.24, 2.45) is 0 Å². The van der Waals surface area contributed by atoms with Crippen LogP contribution in [0.3, 0.4) is 0 Å². The zero-order valence-corrected chi connectivity index (χ0v) is 11.4. The summed E-state index contributed by atoms with van der Waals surface area (Å²) in [6, 6.07) is 3.96. The number of rotatable bonds is 4. The lowest BCUT2D eigenvalue weighted by molar-refractivity contribution is -0.184. The number of aliphatic hydroxyl groups excluding tert-OH is 3. The molecule has 4 atom stereocenters. The summed E-state index contributed by atoms with van der Waals surface area (Å²) in [5, 5.41) is 46.5. The van der Waals surface area contributed by atoms with Gasteiger partial charge in [-0.05, 0) is 23.8 Å². The third kappa shape index (κ3) is 3.55. The highest BCUT2D eigenvalue weighted by Gasteiger charge is 2.44. The average molecular weight is 312 g/mol. The van der Waals surface area contributed by atoms with Crippen molar-refractivity contribution in [3.8, 4) is 11.5 Å². The molecule has 0 unspecified atom stereocenters. The van der Waals surface area contributed by atoms with Crippen molar-refractivity contribution >= 4 is 12.0 Å². The number of phenols is 2. The molecule has 0 aromatic heterocycles. The van der Waals surface area contributed by atoms with Crippen molar-refractivity contribution in [2.45, 2.75) is 24.6 Å². The van der Waals surface area contributed by atoms with Gasteiger partial charge in [0.2, 0.25) is 6.29 Å². The van der Waals surface area contributed by atoms with Gasteiger partial charge >= 0.3 is 5.97 Å². The van der Waals surface area contributed by atoms with E-state index in [1.807, 2.05) is 0 Å². The minimum Gasteiger partial charge on any atom is -0.504 e. The van der Waals surface area contributed by atoms with Crippen molar-refractivity contribution in [3.63, 3.8) is 0 Å². The van der Waals surface area contributed by atoms with E-state index >= 15 is 0 Å². The second-order valence-corrected chi connectivity index (χ2v) is 4.73. The molecular weight excluding hydrogens is 296 g/mol. The summed E-state index contributed by atoms with van der Waals surface area (Å²) in [6.07, 6.45) is -2.85. The fourth-order valence-electron chi connectivity index (χ4n) is 1.92. The molecule has 1 fully saturated rings. The fourth-order valence-corrected chi connectivity index (χ4v) is 1.92. The molecule has 1 saturated heterocycles. The van der Waals surface area contributed by atoms with Crippen LogP contribution in [0.2, 0.25) is 0 Å². The van der Waals surface area contributed by atoms with Gasteiger partial charge in [0.15, 0.2) is 11.5 Å². The first-order valence-electron chi connectivity index (χ1n) is 6.45. The van der Waals surface area contributed by atoms with Gasteiger partial charge in [-0.25, -0.2) is 4.79 Å². The van der Waals surface area contributed by atoms with E-state index < -0.39 is 37.2 Å². The van der Waals surface area contributed by atoms with Gasteiger partial charge in [-0.3, -0.25) is 0 Å². The molecule has 1 aromatic rings. The minimum absolute atomic E-state index is 0.286. The molecule has 1 heterocycles. The van der Waals surface area contributed by atoms with Crippen LogP contribution in [0.15, 0.2) is 24.3 Å². The highest BCUT2D eigenvalue weighted by atomic mass is 16.7. The minimum atomic E-state index is -1.45. The normalized spacial score (nSPS) is 28.1. The maximum absolute atomic E-state index is 11.6. The number of hydrogen-bond acceptors (Lipinski definition) is 8. The van der Waals surface area contributed by atoms with Crippen LogP contribution in [-0.2, 0) is 14.3 Å². The molecule has 8 nitrogen and oxygen atoms in total. The Bertz CT molecular complexity index is 570. The molecule has 0 saturated carbocycles. The number of carbonyl (C=O) groups is 1. The molecule has 120 valence electrons. The molecule has 2 rings (SSSR count). The van der Waals surface area contributed by atoms with Gasteiger partial charge < -0.3 is 35.0 Å². The Kier molecular flexibility index (Phi) is 4.99. The van der Waals surface area contributed by atoms with Gasteiger partial charge in [-0.1, -0.05) is 6.07 Å². The first-order valence-corrected chi connectivity index (χ1v) is 6.45. The third-order valence-electron chi connectivity index (χ3n) is 3.14. The van der Waals surface area contributed by atoms with E-state index in [-0.39, 0.29) is 11.5 Å². The second kappa shape index (κ2) is 6.75. The Balaban J connectivity index is 1.95. The van der Waals surface area contributed by atoms with E-state index in [0.717, 1.165) is 6.08 Å². The number of phenolic OH excluding ortho intramolecular Hbond substituents is 2. The molecule has 0 radical (unpaired) electrons. The number of carbonyl (C=O) groups excluding carboxylic acids is 1. The zero-order valence-electron chi connectivity index (χ0n) is 11.4. The Morgan fingerprint density at radius 2 is 1.95 bits per heavy atom. The van der Waals surface area contributed by atoms with Crippen LogP contribution < -0.4 is 0 Å². The molecule has 0 spiro atoms. The van der Waals surface area contributed by atoms with Crippen LogP contribution in [0.25, 0.3) is 6.08 Å². The van der Waals surface area contributed by atoms with E-state index in [9.17, 15) is 20.1 Å². The molecule has 0 aliphatic carbocycles. The number of ether oxygens (including phenoxy) is 2. The molecule has 1 aromatic carbocycles. The smallest absolute Gasteiger partial charge is 0.333 e. The monoisotopic (exact) mass is 312 g/mol. The van der Waals surface area contributed by atoms with Crippen LogP contribution in [0.5, 0.6) is 11.5 Å².